The number of aryl methyl sites for hydroxylation is 1. The summed E-state index contributed by atoms with van der Waals surface area (Å²) in [5.74, 6) is 1.58. The number of carbonyl (C=O) groups excluding carboxylic acids is 1. The van der Waals surface area contributed by atoms with Gasteiger partial charge in [0.2, 0.25) is 0 Å². The summed E-state index contributed by atoms with van der Waals surface area (Å²) >= 11 is 0. The number of hydrogen-bond acceptors (Lipinski definition) is 3. The Morgan fingerprint density at radius 1 is 1.05 bits per heavy atom. The molecule has 0 amide bonds. The zero-order valence-corrected chi connectivity index (χ0v) is 24.5. The van der Waals surface area contributed by atoms with Gasteiger partial charge < -0.3 is 5.11 Å². The van der Waals surface area contributed by atoms with Gasteiger partial charge in [0.05, 0.1) is 28.2 Å². The van der Waals surface area contributed by atoms with Gasteiger partial charge in [0.25, 0.3) is 0 Å². The van der Waals surface area contributed by atoms with Crippen LogP contribution in [0.15, 0.2) is 24.3 Å². The fourth-order valence-corrected chi connectivity index (χ4v) is 4.50. The van der Waals surface area contributed by atoms with Gasteiger partial charge in [-0.2, -0.15) is 18.3 Å². The lowest BCUT2D eigenvalue weighted by Gasteiger charge is -2.11. The normalized spacial score (nSPS) is 13.9. The number of aliphatic hydroxyl groups is 1. The van der Waals surface area contributed by atoms with E-state index in [0.717, 1.165) is 36.6 Å². The van der Waals surface area contributed by atoms with Gasteiger partial charge in [0.1, 0.15) is 0 Å². The molecule has 0 spiro atoms. The molecule has 1 atom stereocenters. The maximum atomic E-state index is 12.9. The molecule has 4 nitrogen and oxygen atoms in total. The number of nitrogens with zero attached hydrogens (tertiary/aromatic N) is 2. The first-order valence-corrected chi connectivity index (χ1v) is 14.3. The number of aliphatic hydroxyl groups excluding tert-OH is 1. The second kappa shape index (κ2) is 16.7. The molecule has 2 aromatic rings. The number of rotatable bonds is 11. The smallest absolute Gasteiger partial charge is 0.396 e. The first kappa shape index (κ1) is 33.9. The standard InChI is InChI=1S/C16H15F3N2O.C8H18.C7H16O/c1-9-14(10(2)22)15(11-6-7-11)21(20-9)13-5-3-4-12(8-13)16(17,18)19;1-4-6-8(3)7-5-2;1-3-4-5-7(2)6-8/h3-5,8,11H,6-7H2,1-2H3;8H,4-7H2,1-3H3;7-8H,3-6H2,1-2H3/t;;7-/m..1/s1. The summed E-state index contributed by atoms with van der Waals surface area (Å²) in [5.41, 5.74) is 1.47. The summed E-state index contributed by atoms with van der Waals surface area (Å²) in [5, 5.41) is 12.9. The average molecular weight is 539 g/mol. The third-order valence-electron chi connectivity index (χ3n) is 6.76. The maximum Gasteiger partial charge on any atom is 0.416 e. The van der Waals surface area contributed by atoms with Crippen molar-refractivity contribution >= 4 is 5.78 Å². The highest BCUT2D eigenvalue weighted by Crippen LogP contribution is 2.43. The van der Waals surface area contributed by atoms with Crippen molar-refractivity contribution in [3.8, 4) is 5.69 Å². The summed E-state index contributed by atoms with van der Waals surface area (Å²) in [7, 11) is 0. The van der Waals surface area contributed by atoms with Crippen LogP contribution in [0.5, 0.6) is 0 Å². The van der Waals surface area contributed by atoms with Crippen molar-refractivity contribution in [2.24, 2.45) is 11.8 Å². The number of aromatic nitrogens is 2. The van der Waals surface area contributed by atoms with Crippen molar-refractivity contribution in [2.75, 3.05) is 6.61 Å². The van der Waals surface area contributed by atoms with Crippen LogP contribution in [0, 0.1) is 18.8 Å². The van der Waals surface area contributed by atoms with Crippen molar-refractivity contribution in [1.29, 1.82) is 0 Å². The molecule has 0 aliphatic heterocycles. The van der Waals surface area contributed by atoms with Crippen LogP contribution in [0.25, 0.3) is 5.69 Å². The topological polar surface area (TPSA) is 55.1 Å². The molecule has 1 aliphatic rings. The van der Waals surface area contributed by atoms with E-state index in [1.807, 2.05) is 0 Å². The second-order valence-corrected chi connectivity index (χ2v) is 10.7. The summed E-state index contributed by atoms with van der Waals surface area (Å²) in [4.78, 5) is 11.9. The highest BCUT2D eigenvalue weighted by Gasteiger charge is 2.35. The zero-order valence-electron chi connectivity index (χ0n) is 24.5. The van der Waals surface area contributed by atoms with Crippen LogP contribution >= 0.6 is 0 Å². The monoisotopic (exact) mass is 538 g/mol. The molecule has 1 N–H and O–H groups in total. The van der Waals surface area contributed by atoms with E-state index >= 15 is 0 Å². The molecule has 1 heterocycles. The van der Waals surface area contributed by atoms with E-state index in [2.05, 4.69) is 39.7 Å². The molecule has 3 rings (SSSR count). The van der Waals surface area contributed by atoms with Gasteiger partial charge in [-0.25, -0.2) is 4.68 Å². The number of alkyl halides is 3. The third-order valence-corrected chi connectivity index (χ3v) is 6.76. The lowest BCUT2D eigenvalue weighted by molar-refractivity contribution is -0.137. The molecule has 7 heteroatoms. The van der Waals surface area contributed by atoms with Crippen LogP contribution in [0.3, 0.4) is 0 Å². The fourth-order valence-electron chi connectivity index (χ4n) is 4.50. The SMILES string of the molecule is CC(=O)c1c(C)nn(-c2cccc(C(F)(F)F)c2)c1C1CC1.CCCC(C)CCC.CCCC[C@@H](C)CO. The van der Waals surface area contributed by atoms with E-state index in [1.165, 1.54) is 62.6 Å². The van der Waals surface area contributed by atoms with Crippen LogP contribution in [0.1, 0.15) is 133 Å². The van der Waals surface area contributed by atoms with E-state index in [-0.39, 0.29) is 11.7 Å². The number of benzene rings is 1. The molecule has 1 aliphatic carbocycles. The summed E-state index contributed by atoms with van der Waals surface area (Å²) < 4.78 is 40.2. The Hall–Kier alpha value is -2.15. The van der Waals surface area contributed by atoms with Crippen LogP contribution in [-0.4, -0.2) is 27.3 Å². The second-order valence-electron chi connectivity index (χ2n) is 10.7. The molecule has 1 fully saturated rings. The molecular weight excluding hydrogens is 489 g/mol. The van der Waals surface area contributed by atoms with Gasteiger partial charge in [-0.05, 0) is 63.1 Å². The van der Waals surface area contributed by atoms with E-state index in [1.54, 1.807) is 13.0 Å². The lowest BCUT2D eigenvalue weighted by atomic mass is 10.0. The minimum atomic E-state index is -4.40. The lowest BCUT2D eigenvalue weighted by Crippen LogP contribution is -2.08. The molecule has 1 saturated carbocycles. The molecule has 0 saturated heterocycles. The molecule has 216 valence electrons. The summed E-state index contributed by atoms with van der Waals surface area (Å²) in [6, 6.07) is 5.04. The maximum absolute atomic E-state index is 12.9. The molecular formula is C31H49F3N2O2. The van der Waals surface area contributed by atoms with Crippen LogP contribution in [0.4, 0.5) is 13.2 Å². The third kappa shape index (κ3) is 11.3. The van der Waals surface area contributed by atoms with Gasteiger partial charge in [-0.15, -0.1) is 0 Å². The van der Waals surface area contributed by atoms with Crippen molar-refractivity contribution in [3.05, 3.63) is 46.8 Å². The highest BCUT2D eigenvalue weighted by atomic mass is 19.4. The number of hydrogen-bond donors (Lipinski definition) is 1. The van der Waals surface area contributed by atoms with Gasteiger partial charge in [-0.1, -0.05) is 79.2 Å². The summed E-state index contributed by atoms with van der Waals surface area (Å²) in [6.45, 7) is 14.6. The van der Waals surface area contributed by atoms with Crippen LogP contribution < -0.4 is 0 Å². The molecule has 1 aromatic heterocycles. The van der Waals surface area contributed by atoms with Gasteiger partial charge in [0.15, 0.2) is 5.78 Å². The van der Waals surface area contributed by atoms with Gasteiger partial charge in [0, 0.05) is 12.5 Å². The predicted molar refractivity (Wildman–Crippen MR) is 150 cm³/mol. The van der Waals surface area contributed by atoms with Crippen molar-refractivity contribution < 1.29 is 23.1 Å². The van der Waals surface area contributed by atoms with E-state index < -0.39 is 11.7 Å². The number of unbranched alkanes of at least 4 members (excludes halogenated alkanes) is 1. The Bertz CT molecular complexity index is 959. The molecule has 1 aromatic carbocycles. The average Bonchev–Trinajstić information content (AvgIpc) is 3.64. The molecule has 38 heavy (non-hydrogen) atoms. The number of halogens is 3. The minimum Gasteiger partial charge on any atom is -0.396 e. The summed E-state index contributed by atoms with van der Waals surface area (Å²) in [6.07, 6.45) is 6.65. The quantitative estimate of drug-likeness (QED) is 0.290. The van der Waals surface area contributed by atoms with E-state index in [9.17, 15) is 18.0 Å². The Labute approximate surface area is 228 Å². The fraction of sp³-hybridized carbons (Fsp3) is 0.677. The minimum absolute atomic E-state index is 0.0994. The Balaban J connectivity index is 0.000000374. The highest BCUT2D eigenvalue weighted by molar-refractivity contribution is 5.96. The Morgan fingerprint density at radius 3 is 2.11 bits per heavy atom. The molecule has 0 unspecified atom stereocenters. The number of Topliss-reactive ketones (excluding diaryl/α,β-unsaturated/α-hetero) is 1. The first-order chi connectivity index (χ1) is 17.9. The number of ketones is 1. The zero-order chi connectivity index (χ0) is 28.9. The Kier molecular flexibility index (Phi) is 14.9. The van der Waals surface area contributed by atoms with Gasteiger partial charge >= 0.3 is 6.18 Å². The van der Waals surface area contributed by atoms with Crippen molar-refractivity contribution in [2.45, 2.75) is 118 Å². The van der Waals surface area contributed by atoms with Crippen LogP contribution in [-0.2, 0) is 6.18 Å². The van der Waals surface area contributed by atoms with Crippen molar-refractivity contribution in [3.63, 3.8) is 0 Å². The van der Waals surface area contributed by atoms with E-state index in [4.69, 9.17) is 5.11 Å². The Morgan fingerprint density at radius 2 is 1.66 bits per heavy atom. The first-order valence-electron chi connectivity index (χ1n) is 14.3. The van der Waals surface area contributed by atoms with Gasteiger partial charge in [-0.3, -0.25) is 4.79 Å². The predicted octanol–water partition coefficient (Wildman–Crippen LogP) is 9.31. The molecule has 0 radical (unpaired) electrons. The van der Waals surface area contributed by atoms with Crippen molar-refractivity contribution in [1.82, 2.24) is 9.78 Å². The largest absolute Gasteiger partial charge is 0.416 e. The molecule has 0 bridgehead atoms. The number of carbonyl (C=O) groups is 1. The van der Waals surface area contributed by atoms with E-state index in [0.29, 0.717) is 29.5 Å². The van der Waals surface area contributed by atoms with Crippen LogP contribution in [0.2, 0.25) is 0 Å².